The SMILES string of the molecule is CCn1ccc2cc(NC(=O)c3ccc(NC(=O)c4ccco4)cc3)ccc21. The van der Waals surface area contributed by atoms with Gasteiger partial charge in [-0.3, -0.25) is 9.59 Å². The van der Waals surface area contributed by atoms with Crippen molar-refractivity contribution in [2.45, 2.75) is 13.5 Å². The normalized spacial score (nSPS) is 10.8. The zero-order chi connectivity index (χ0) is 19.5. The van der Waals surface area contributed by atoms with Gasteiger partial charge in [0.15, 0.2) is 5.76 Å². The quantitative estimate of drug-likeness (QED) is 0.530. The zero-order valence-electron chi connectivity index (χ0n) is 15.3. The lowest BCUT2D eigenvalue weighted by molar-refractivity contribution is 0.0995. The Morgan fingerprint density at radius 2 is 1.68 bits per heavy atom. The second-order valence-corrected chi connectivity index (χ2v) is 6.34. The lowest BCUT2D eigenvalue weighted by atomic mass is 10.1. The molecule has 0 unspecified atom stereocenters. The standard InChI is InChI=1S/C22H19N3O3/c1-2-25-12-11-16-14-18(9-10-19(16)25)24-21(26)15-5-7-17(8-6-15)23-22(27)20-4-3-13-28-20/h3-14H,2H2,1H3,(H,23,27)(H,24,26). The molecule has 0 bridgehead atoms. The lowest BCUT2D eigenvalue weighted by Gasteiger charge is -2.08. The number of benzene rings is 2. The minimum Gasteiger partial charge on any atom is -0.459 e. The molecule has 28 heavy (non-hydrogen) atoms. The fourth-order valence-corrected chi connectivity index (χ4v) is 3.06. The number of rotatable bonds is 5. The van der Waals surface area contributed by atoms with Crippen molar-refractivity contribution in [2.75, 3.05) is 10.6 Å². The van der Waals surface area contributed by atoms with Crippen molar-refractivity contribution in [3.63, 3.8) is 0 Å². The maximum Gasteiger partial charge on any atom is 0.291 e. The fourth-order valence-electron chi connectivity index (χ4n) is 3.06. The Balaban J connectivity index is 1.44. The molecule has 0 radical (unpaired) electrons. The molecule has 4 rings (SSSR count). The maximum atomic E-state index is 12.5. The summed E-state index contributed by atoms with van der Waals surface area (Å²) in [7, 11) is 0. The molecule has 140 valence electrons. The highest BCUT2D eigenvalue weighted by Gasteiger charge is 2.11. The first-order chi connectivity index (χ1) is 13.6. The molecule has 0 aliphatic rings. The minimum absolute atomic E-state index is 0.210. The number of carbonyl (C=O) groups excluding carboxylic acids is 2. The molecule has 6 heteroatoms. The summed E-state index contributed by atoms with van der Waals surface area (Å²) < 4.78 is 7.21. The van der Waals surface area contributed by atoms with Crippen molar-refractivity contribution < 1.29 is 14.0 Å². The molecule has 0 fully saturated rings. The van der Waals surface area contributed by atoms with E-state index in [1.807, 2.05) is 30.5 Å². The molecular formula is C22H19N3O3. The average Bonchev–Trinajstić information content (AvgIpc) is 3.38. The summed E-state index contributed by atoms with van der Waals surface area (Å²) in [6.07, 6.45) is 3.48. The Morgan fingerprint density at radius 3 is 2.39 bits per heavy atom. The van der Waals surface area contributed by atoms with Crippen LogP contribution in [0.25, 0.3) is 10.9 Å². The van der Waals surface area contributed by atoms with Crippen molar-refractivity contribution in [3.8, 4) is 0 Å². The molecule has 2 aromatic carbocycles. The number of amides is 2. The number of fused-ring (bicyclic) bond motifs is 1. The third kappa shape index (κ3) is 3.53. The molecule has 6 nitrogen and oxygen atoms in total. The van der Waals surface area contributed by atoms with Gasteiger partial charge in [0.05, 0.1) is 6.26 Å². The number of carbonyl (C=O) groups is 2. The van der Waals surface area contributed by atoms with E-state index in [1.165, 1.54) is 6.26 Å². The van der Waals surface area contributed by atoms with E-state index in [0.29, 0.717) is 11.3 Å². The van der Waals surface area contributed by atoms with Crippen LogP contribution < -0.4 is 10.6 Å². The van der Waals surface area contributed by atoms with Gasteiger partial charge < -0.3 is 19.6 Å². The van der Waals surface area contributed by atoms with Gasteiger partial charge in [-0.05, 0) is 67.6 Å². The van der Waals surface area contributed by atoms with Crippen LogP contribution in [-0.2, 0) is 6.54 Å². The molecular weight excluding hydrogens is 354 g/mol. The average molecular weight is 373 g/mol. The summed E-state index contributed by atoms with van der Waals surface area (Å²) in [5, 5.41) is 6.71. The first kappa shape index (κ1) is 17.6. The Hall–Kier alpha value is -3.80. The monoisotopic (exact) mass is 373 g/mol. The molecule has 2 amide bonds. The smallest absolute Gasteiger partial charge is 0.291 e. The number of aryl methyl sites for hydroxylation is 1. The number of nitrogens with zero attached hydrogens (tertiary/aromatic N) is 1. The Morgan fingerprint density at radius 1 is 0.929 bits per heavy atom. The third-order valence-electron chi connectivity index (χ3n) is 4.52. The minimum atomic E-state index is -0.338. The van der Waals surface area contributed by atoms with Crippen LogP contribution in [0.2, 0.25) is 0 Å². The highest BCUT2D eigenvalue weighted by molar-refractivity contribution is 6.06. The Bertz CT molecular complexity index is 1130. The predicted molar refractivity (Wildman–Crippen MR) is 109 cm³/mol. The van der Waals surface area contributed by atoms with Gasteiger partial charge in [-0.25, -0.2) is 0 Å². The van der Waals surface area contributed by atoms with Crippen molar-refractivity contribution >= 4 is 34.1 Å². The zero-order valence-corrected chi connectivity index (χ0v) is 15.3. The summed E-state index contributed by atoms with van der Waals surface area (Å²) in [6, 6.07) is 17.8. The van der Waals surface area contributed by atoms with Crippen molar-refractivity contribution in [2.24, 2.45) is 0 Å². The van der Waals surface area contributed by atoms with Crippen molar-refractivity contribution in [1.29, 1.82) is 0 Å². The van der Waals surface area contributed by atoms with Crippen LogP contribution in [0, 0.1) is 0 Å². The van der Waals surface area contributed by atoms with Gasteiger partial charge in [0.1, 0.15) is 0 Å². The predicted octanol–water partition coefficient (Wildman–Crippen LogP) is 4.76. The van der Waals surface area contributed by atoms with E-state index in [9.17, 15) is 9.59 Å². The Labute approximate surface area is 161 Å². The van der Waals surface area contributed by atoms with Crippen LogP contribution in [0.3, 0.4) is 0 Å². The molecule has 0 saturated heterocycles. The van der Waals surface area contributed by atoms with Crippen molar-refractivity contribution in [1.82, 2.24) is 4.57 Å². The van der Waals surface area contributed by atoms with Crippen LogP contribution in [-0.4, -0.2) is 16.4 Å². The lowest BCUT2D eigenvalue weighted by Crippen LogP contribution is -2.13. The van der Waals surface area contributed by atoms with E-state index in [0.717, 1.165) is 23.1 Å². The van der Waals surface area contributed by atoms with Crippen LogP contribution in [0.5, 0.6) is 0 Å². The molecule has 2 aromatic heterocycles. The number of anilines is 2. The highest BCUT2D eigenvalue weighted by Crippen LogP contribution is 2.21. The van der Waals surface area contributed by atoms with Gasteiger partial charge in [0.2, 0.25) is 0 Å². The number of hydrogen-bond acceptors (Lipinski definition) is 3. The summed E-state index contributed by atoms with van der Waals surface area (Å²) in [5.74, 6) is -0.318. The van der Waals surface area contributed by atoms with E-state index in [1.54, 1.807) is 36.4 Å². The van der Waals surface area contributed by atoms with Gasteiger partial charge in [-0.1, -0.05) is 0 Å². The summed E-state index contributed by atoms with van der Waals surface area (Å²) >= 11 is 0. The number of nitrogens with one attached hydrogen (secondary N) is 2. The number of furan rings is 1. The molecule has 0 aliphatic heterocycles. The summed E-state index contributed by atoms with van der Waals surface area (Å²) in [5.41, 5.74) is 2.96. The first-order valence-corrected chi connectivity index (χ1v) is 8.99. The van der Waals surface area contributed by atoms with E-state index in [4.69, 9.17) is 4.42 Å². The van der Waals surface area contributed by atoms with E-state index >= 15 is 0 Å². The second kappa shape index (κ2) is 7.44. The van der Waals surface area contributed by atoms with Gasteiger partial charge in [0.25, 0.3) is 11.8 Å². The van der Waals surface area contributed by atoms with Crippen molar-refractivity contribution in [3.05, 3.63) is 84.4 Å². The van der Waals surface area contributed by atoms with Gasteiger partial charge in [-0.2, -0.15) is 0 Å². The molecule has 0 saturated carbocycles. The van der Waals surface area contributed by atoms with E-state index in [-0.39, 0.29) is 17.6 Å². The van der Waals surface area contributed by atoms with Crippen LogP contribution in [0.1, 0.15) is 27.8 Å². The topological polar surface area (TPSA) is 76.3 Å². The van der Waals surface area contributed by atoms with Crippen LogP contribution >= 0.6 is 0 Å². The van der Waals surface area contributed by atoms with Gasteiger partial charge >= 0.3 is 0 Å². The van der Waals surface area contributed by atoms with Gasteiger partial charge in [0, 0.05) is 40.6 Å². The van der Waals surface area contributed by atoms with Gasteiger partial charge in [-0.15, -0.1) is 0 Å². The number of hydrogen-bond donors (Lipinski definition) is 2. The van der Waals surface area contributed by atoms with E-state index < -0.39 is 0 Å². The number of aromatic nitrogens is 1. The fraction of sp³-hybridized carbons (Fsp3) is 0.0909. The van der Waals surface area contributed by atoms with Crippen LogP contribution in [0.4, 0.5) is 11.4 Å². The maximum absolute atomic E-state index is 12.5. The first-order valence-electron chi connectivity index (χ1n) is 8.99. The summed E-state index contributed by atoms with van der Waals surface area (Å²) in [4.78, 5) is 24.5. The third-order valence-corrected chi connectivity index (χ3v) is 4.52. The highest BCUT2D eigenvalue weighted by atomic mass is 16.3. The van der Waals surface area contributed by atoms with E-state index in [2.05, 4.69) is 22.1 Å². The second-order valence-electron chi connectivity index (χ2n) is 6.34. The molecule has 0 spiro atoms. The Kier molecular flexibility index (Phi) is 4.68. The molecule has 2 N–H and O–H groups in total. The van der Waals surface area contributed by atoms with Crippen LogP contribution in [0.15, 0.2) is 77.5 Å². The largest absolute Gasteiger partial charge is 0.459 e. The molecule has 2 heterocycles. The summed E-state index contributed by atoms with van der Waals surface area (Å²) in [6.45, 7) is 2.99. The molecule has 0 aliphatic carbocycles. The molecule has 0 atom stereocenters. The molecule has 4 aromatic rings.